The van der Waals surface area contributed by atoms with Gasteiger partial charge in [-0.05, 0) is 44.2 Å². The lowest BCUT2D eigenvalue weighted by atomic mass is 10.1. The predicted molar refractivity (Wildman–Crippen MR) is 117 cm³/mol. The fourth-order valence-electron chi connectivity index (χ4n) is 4.13. The summed E-state index contributed by atoms with van der Waals surface area (Å²) in [6, 6.07) is 13.7. The van der Waals surface area contributed by atoms with Gasteiger partial charge >= 0.3 is 0 Å². The van der Waals surface area contributed by atoms with Gasteiger partial charge in [-0.3, -0.25) is 19.4 Å². The van der Waals surface area contributed by atoms with Crippen molar-refractivity contribution in [3.63, 3.8) is 0 Å². The Balaban J connectivity index is 1.57. The molecule has 7 heteroatoms. The minimum atomic E-state index is -0.0756. The minimum Gasteiger partial charge on any atom is -0.347 e. The number of hydrogen-bond acceptors (Lipinski definition) is 4. The maximum atomic E-state index is 13.3. The van der Waals surface area contributed by atoms with E-state index in [0.717, 1.165) is 28.2 Å². The van der Waals surface area contributed by atoms with E-state index in [1.807, 2.05) is 46.1 Å². The predicted octanol–water partition coefficient (Wildman–Crippen LogP) is 3.93. The van der Waals surface area contributed by atoms with Gasteiger partial charge in [-0.2, -0.15) is 5.10 Å². The van der Waals surface area contributed by atoms with Crippen LogP contribution >= 0.6 is 0 Å². The molecule has 1 aliphatic rings. The molecule has 0 unspecified atom stereocenters. The Morgan fingerprint density at radius 2 is 1.84 bits per heavy atom. The quantitative estimate of drug-likeness (QED) is 0.509. The summed E-state index contributed by atoms with van der Waals surface area (Å²) in [7, 11) is 0. The molecule has 7 nitrogen and oxygen atoms in total. The maximum absolute atomic E-state index is 13.3. The fourth-order valence-corrected chi connectivity index (χ4v) is 4.13. The van der Waals surface area contributed by atoms with Gasteiger partial charge in [0.15, 0.2) is 0 Å². The topological polar surface area (TPSA) is 68.8 Å². The van der Waals surface area contributed by atoms with E-state index in [1.54, 1.807) is 18.5 Å². The summed E-state index contributed by atoms with van der Waals surface area (Å²) in [6.07, 6.45) is 7.57. The zero-order valence-electron chi connectivity index (χ0n) is 17.6. The van der Waals surface area contributed by atoms with Crippen molar-refractivity contribution in [2.45, 2.75) is 39.5 Å². The molecule has 0 aromatic carbocycles. The first-order chi connectivity index (χ1) is 15.1. The van der Waals surface area contributed by atoms with Crippen LogP contribution in [0.3, 0.4) is 0 Å². The van der Waals surface area contributed by atoms with Crippen molar-refractivity contribution in [1.82, 2.24) is 29.2 Å². The van der Waals surface area contributed by atoms with Crippen LogP contribution in [0.1, 0.15) is 47.3 Å². The zero-order chi connectivity index (χ0) is 21.4. The Bertz CT molecular complexity index is 1210. The molecule has 0 saturated heterocycles. The van der Waals surface area contributed by atoms with Crippen LogP contribution in [0.25, 0.3) is 11.3 Å². The van der Waals surface area contributed by atoms with E-state index in [-0.39, 0.29) is 11.9 Å². The van der Waals surface area contributed by atoms with Gasteiger partial charge in [0.2, 0.25) is 0 Å². The molecule has 0 atom stereocenters. The molecule has 0 fully saturated rings. The van der Waals surface area contributed by atoms with Crippen LogP contribution in [-0.4, -0.2) is 35.1 Å². The van der Waals surface area contributed by atoms with E-state index in [2.05, 4.69) is 40.6 Å². The lowest BCUT2D eigenvalue weighted by Crippen LogP contribution is -2.31. The number of fused-ring (bicyclic) bond motifs is 3. The second-order valence-corrected chi connectivity index (χ2v) is 8.07. The number of aromatic nitrogens is 5. The van der Waals surface area contributed by atoms with Crippen molar-refractivity contribution in [2.75, 3.05) is 0 Å². The number of pyridine rings is 2. The average molecular weight is 412 g/mol. The van der Waals surface area contributed by atoms with E-state index in [1.165, 1.54) is 0 Å². The lowest BCUT2D eigenvalue weighted by Gasteiger charge is -2.22. The molecule has 0 saturated carbocycles. The van der Waals surface area contributed by atoms with Crippen molar-refractivity contribution in [1.29, 1.82) is 0 Å². The van der Waals surface area contributed by atoms with E-state index in [0.29, 0.717) is 25.3 Å². The van der Waals surface area contributed by atoms with Gasteiger partial charge in [0.25, 0.3) is 5.91 Å². The smallest absolute Gasteiger partial charge is 0.273 e. The molecular formula is C24H24N6O. The molecule has 0 radical (unpaired) electrons. The molecule has 4 aromatic rings. The van der Waals surface area contributed by atoms with Gasteiger partial charge in [0, 0.05) is 47.7 Å². The Morgan fingerprint density at radius 3 is 2.55 bits per heavy atom. The number of carbonyl (C=O) groups excluding carboxylic acids is 1. The highest BCUT2D eigenvalue weighted by molar-refractivity contribution is 5.92. The summed E-state index contributed by atoms with van der Waals surface area (Å²) in [4.78, 5) is 23.8. The van der Waals surface area contributed by atoms with Gasteiger partial charge in [-0.1, -0.05) is 12.1 Å². The Morgan fingerprint density at radius 1 is 1.03 bits per heavy atom. The van der Waals surface area contributed by atoms with Crippen LogP contribution in [0.4, 0.5) is 0 Å². The summed E-state index contributed by atoms with van der Waals surface area (Å²) < 4.78 is 4.14. The SMILES string of the molecule is CC(C)n1ccc2c1CN(C(=O)c1ccccn1)Cc1cn(Cc3ccccn3)nc1-2. The summed E-state index contributed by atoms with van der Waals surface area (Å²) in [5.74, 6) is -0.0756. The molecule has 1 amide bonds. The third-order valence-electron chi connectivity index (χ3n) is 5.60. The van der Waals surface area contributed by atoms with Crippen LogP contribution in [0.15, 0.2) is 67.3 Å². The molecule has 1 aliphatic heterocycles. The number of carbonyl (C=O) groups is 1. The first kappa shape index (κ1) is 19.2. The highest BCUT2D eigenvalue weighted by Crippen LogP contribution is 2.34. The summed E-state index contributed by atoms with van der Waals surface area (Å²) in [5, 5.41) is 4.90. The molecule has 5 heterocycles. The monoisotopic (exact) mass is 412 g/mol. The molecule has 0 N–H and O–H groups in total. The van der Waals surface area contributed by atoms with Crippen LogP contribution in [-0.2, 0) is 19.6 Å². The van der Waals surface area contributed by atoms with E-state index < -0.39 is 0 Å². The second kappa shape index (κ2) is 7.83. The Kier molecular flexibility index (Phi) is 4.86. The lowest BCUT2D eigenvalue weighted by molar-refractivity contribution is 0.0721. The largest absolute Gasteiger partial charge is 0.347 e. The van der Waals surface area contributed by atoms with Crippen molar-refractivity contribution in [2.24, 2.45) is 0 Å². The molecule has 5 rings (SSSR count). The highest BCUT2D eigenvalue weighted by Gasteiger charge is 2.29. The summed E-state index contributed by atoms with van der Waals surface area (Å²) in [5.41, 5.74) is 5.54. The first-order valence-electron chi connectivity index (χ1n) is 10.5. The van der Waals surface area contributed by atoms with Crippen LogP contribution in [0.5, 0.6) is 0 Å². The van der Waals surface area contributed by atoms with Crippen molar-refractivity contribution in [3.05, 3.63) is 89.9 Å². The molecule has 31 heavy (non-hydrogen) atoms. The zero-order valence-corrected chi connectivity index (χ0v) is 17.6. The third-order valence-corrected chi connectivity index (χ3v) is 5.60. The maximum Gasteiger partial charge on any atom is 0.273 e. The van der Waals surface area contributed by atoms with Gasteiger partial charge in [-0.15, -0.1) is 0 Å². The fraction of sp³-hybridized carbons (Fsp3) is 0.250. The van der Waals surface area contributed by atoms with Crippen LogP contribution < -0.4 is 0 Å². The molecule has 156 valence electrons. The number of nitrogens with zero attached hydrogens (tertiary/aromatic N) is 6. The van der Waals surface area contributed by atoms with Crippen LogP contribution in [0.2, 0.25) is 0 Å². The van der Waals surface area contributed by atoms with Crippen molar-refractivity contribution < 1.29 is 4.79 Å². The number of hydrogen-bond donors (Lipinski definition) is 0. The summed E-state index contributed by atoms with van der Waals surface area (Å²) in [6.45, 7) is 5.89. The minimum absolute atomic E-state index is 0.0756. The molecule has 0 spiro atoms. The molecule has 4 aromatic heterocycles. The molecular weight excluding hydrogens is 388 g/mol. The molecule has 0 bridgehead atoms. The number of rotatable bonds is 4. The van der Waals surface area contributed by atoms with E-state index >= 15 is 0 Å². The van der Waals surface area contributed by atoms with Gasteiger partial charge in [0.1, 0.15) is 5.69 Å². The Hall–Kier alpha value is -3.74. The number of amides is 1. The van der Waals surface area contributed by atoms with E-state index in [4.69, 9.17) is 5.10 Å². The third kappa shape index (κ3) is 3.63. The molecule has 0 aliphatic carbocycles. The van der Waals surface area contributed by atoms with Gasteiger partial charge in [-0.25, -0.2) is 0 Å². The van der Waals surface area contributed by atoms with Gasteiger partial charge < -0.3 is 9.47 Å². The standard InChI is InChI=1S/C24H24N6O/c1-17(2)30-12-9-20-22(30)16-28(24(31)21-8-4-6-11-26-21)13-18-14-29(27-23(18)20)15-19-7-3-5-10-25-19/h3-12,14,17H,13,15-16H2,1-2H3. The van der Waals surface area contributed by atoms with Crippen molar-refractivity contribution in [3.8, 4) is 11.3 Å². The Labute approximate surface area is 181 Å². The highest BCUT2D eigenvalue weighted by atomic mass is 16.2. The van der Waals surface area contributed by atoms with Gasteiger partial charge in [0.05, 0.1) is 31.0 Å². The normalized spacial score (nSPS) is 13.1. The summed E-state index contributed by atoms with van der Waals surface area (Å²) >= 11 is 0. The second-order valence-electron chi connectivity index (χ2n) is 8.07. The first-order valence-corrected chi connectivity index (χ1v) is 10.5. The average Bonchev–Trinajstić information content (AvgIpc) is 3.34. The van der Waals surface area contributed by atoms with Crippen molar-refractivity contribution >= 4 is 5.91 Å². The van der Waals surface area contributed by atoms with Crippen LogP contribution in [0, 0.1) is 0 Å². The van der Waals surface area contributed by atoms with E-state index in [9.17, 15) is 4.79 Å².